The predicted molar refractivity (Wildman–Crippen MR) is 92.0 cm³/mol. The fourth-order valence-electron chi connectivity index (χ4n) is 3.32. The number of aryl methyl sites for hydroxylation is 2. The van der Waals surface area contributed by atoms with E-state index in [0.717, 1.165) is 37.6 Å². The molecule has 1 aromatic carbocycles. The Morgan fingerprint density at radius 2 is 2.08 bits per heavy atom. The normalized spacial score (nSPS) is 19.3. The van der Waals surface area contributed by atoms with Crippen molar-refractivity contribution in [1.82, 2.24) is 19.7 Å². The van der Waals surface area contributed by atoms with Crippen molar-refractivity contribution in [2.75, 3.05) is 19.7 Å². The number of hydrogen-bond donors (Lipinski definition) is 1. The van der Waals surface area contributed by atoms with Crippen LogP contribution in [0.5, 0.6) is 5.75 Å². The summed E-state index contributed by atoms with van der Waals surface area (Å²) < 4.78 is 20.4. The minimum Gasteiger partial charge on any atom is -0.491 e. The molecular weight excluding hydrogens is 323 g/mol. The van der Waals surface area contributed by atoms with E-state index in [1.54, 1.807) is 12.1 Å². The average Bonchev–Trinajstić information content (AvgIpc) is 3.13. The van der Waals surface area contributed by atoms with Crippen molar-refractivity contribution in [3.63, 3.8) is 0 Å². The number of likely N-dealkylation sites (tertiary alicyclic amines) is 1. The number of rotatable bonds is 7. The standard InChI is InChI=1S/C18H25FN4O2/c1-13-20-14(2)23(21-13)10-16-4-3-9-22(16)11-17(24)12-25-18-7-5-15(19)6-8-18/h5-8,16-17,24H,3-4,9-12H2,1-2H3. The van der Waals surface area contributed by atoms with E-state index >= 15 is 0 Å². The van der Waals surface area contributed by atoms with Gasteiger partial charge in [-0.3, -0.25) is 4.90 Å². The lowest BCUT2D eigenvalue weighted by atomic mass is 10.2. The lowest BCUT2D eigenvalue weighted by Crippen LogP contribution is -2.40. The molecule has 2 aromatic rings. The molecule has 1 fully saturated rings. The molecule has 0 aliphatic carbocycles. The van der Waals surface area contributed by atoms with Gasteiger partial charge in [-0.15, -0.1) is 0 Å². The summed E-state index contributed by atoms with van der Waals surface area (Å²) >= 11 is 0. The molecule has 2 heterocycles. The van der Waals surface area contributed by atoms with Crippen LogP contribution in [0.25, 0.3) is 0 Å². The highest BCUT2D eigenvalue weighted by atomic mass is 19.1. The maximum atomic E-state index is 12.9. The van der Waals surface area contributed by atoms with Gasteiger partial charge in [0.1, 0.15) is 35.9 Å². The van der Waals surface area contributed by atoms with Crippen molar-refractivity contribution in [2.24, 2.45) is 0 Å². The van der Waals surface area contributed by atoms with Gasteiger partial charge in [-0.1, -0.05) is 0 Å². The second-order valence-electron chi connectivity index (χ2n) is 6.60. The number of β-amino-alcohol motifs (C(OH)–C–C–N with tert-alkyl or cyclic N) is 1. The summed E-state index contributed by atoms with van der Waals surface area (Å²) in [5.41, 5.74) is 0. The summed E-state index contributed by atoms with van der Waals surface area (Å²) in [4.78, 5) is 6.63. The predicted octanol–water partition coefficient (Wildman–Crippen LogP) is 1.94. The fourth-order valence-corrected chi connectivity index (χ4v) is 3.32. The Labute approximate surface area is 147 Å². The van der Waals surface area contributed by atoms with E-state index in [0.29, 0.717) is 18.3 Å². The maximum absolute atomic E-state index is 12.9. The van der Waals surface area contributed by atoms with E-state index in [2.05, 4.69) is 15.0 Å². The number of nitrogens with zero attached hydrogens (tertiary/aromatic N) is 4. The van der Waals surface area contributed by atoms with Crippen LogP contribution in [0, 0.1) is 19.7 Å². The first-order valence-corrected chi connectivity index (χ1v) is 8.70. The van der Waals surface area contributed by atoms with Gasteiger partial charge in [0.2, 0.25) is 0 Å². The summed E-state index contributed by atoms with van der Waals surface area (Å²) in [6.07, 6.45) is 1.61. The molecule has 0 saturated carbocycles. The van der Waals surface area contributed by atoms with Crippen molar-refractivity contribution in [3.8, 4) is 5.75 Å². The Hall–Kier alpha value is -1.99. The number of benzene rings is 1. The molecule has 0 radical (unpaired) electrons. The topological polar surface area (TPSA) is 63.4 Å². The monoisotopic (exact) mass is 348 g/mol. The smallest absolute Gasteiger partial charge is 0.147 e. The van der Waals surface area contributed by atoms with Gasteiger partial charge >= 0.3 is 0 Å². The van der Waals surface area contributed by atoms with Crippen LogP contribution in [0.4, 0.5) is 4.39 Å². The highest BCUT2D eigenvalue weighted by Gasteiger charge is 2.27. The van der Waals surface area contributed by atoms with Crippen molar-refractivity contribution >= 4 is 0 Å². The van der Waals surface area contributed by atoms with Gasteiger partial charge in [0.25, 0.3) is 0 Å². The number of aliphatic hydroxyl groups excluding tert-OH is 1. The second-order valence-corrected chi connectivity index (χ2v) is 6.60. The Bertz CT molecular complexity index is 689. The van der Waals surface area contributed by atoms with Gasteiger partial charge < -0.3 is 9.84 Å². The van der Waals surface area contributed by atoms with E-state index in [1.807, 2.05) is 18.5 Å². The van der Waals surface area contributed by atoms with Crippen LogP contribution in [0.3, 0.4) is 0 Å². The van der Waals surface area contributed by atoms with E-state index in [1.165, 1.54) is 12.1 Å². The van der Waals surface area contributed by atoms with E-state index < -0.39 is 6.10 Å². The quantitative estimate of drug-likeness (QED) is 0.828. The lowest BCUT2D eigenvalue weighted by molar-refractivity contribution is 0.0608. The van der Waals surface area contributed by atoms with Crippen LogP contribution < -0.4 is 4.74 Å². The Kier molecular flexibility index (Phi) is 5.65. The summed E-state index contributed by atoms with van der Waals surface area (Å²) in [6, 6.07) is 6.18. The molecule has 7 heteroatoms. The van der Waals surface area contributed by atoms with Gasteiger partial charge in [0.15, 0.2) is 0 Å². The highest BCUT2D eigenvalue weighted by Crippen LogP contribution is 2.20. The first kappa shape index (κ1) is 17.8. The van der Waals surface area contributed by atoms with Gasteiger partial charge in [0.05, 0.1) is 6.54 Å². The van der Waals surface area contributed by atoms with E-state index in [9.17, 15) is 9.50 Å². The summed E-state index contributed by atoms with van der Waals surface area (Å²) in [7, 11) is 0. The first-order chi connectivity index (χ1) is 12.0. The zero-order valence-corrected chi connectivity index (χ0v) is 14.7. The Balaban J connectivity index is 1.50. The molecule has 25 heavy (non-hydrogen) atoms. The summed E-state index contributed by atoms with van der Waals surface area (Å²) in [5, 5.41) is 14.7. The van der Waals surface area contributed by atoms with Gasteiger partial charge in [-0.05, 0) is 57.5 Å². The molecule has 2 atom stereocenters. The molecule has 6 nitrogen and oxygen atoms in total. The summed E-state index contributed by atoms with van der Waals surface area (Å²) in [5.74, 6) is 1.97. The van der Waals surface area contributed by atoms with Crippen molar-refractivity contribution < 1.29 is 14.2 Å². The largest absolute Gasteiger partial charge is 0.491 e. The van der Waals surface area contributed by atoms with Crippen molar-refractivity contribution in [3.05, 3.63) is 41.7 Å². The van der Waals surface area contributed by atoms with E-state index in [4.69, 9.17) is 4.74 Å². The molecule has 2 unspecified atom stereocenters. The minimum absolute atomic E-state index is 0.191. The summed E-state index contributed by atoms with van der Waals surface area (Å²) in [6.45, 7) is 6.36. The molecule has 0 spiro atoms. The number of halogens is 1. The van der Waals surface area contributed by atoms with Crippen LogP contribution in [-0.2, 0) is 6.54 Å². The molecule has 1 aromatic heterocycles. The molecule has 1 N–H and O–H groups in total. The zero-order valence-electron chi connectivity index (χ0n) is 14.7. The van der Waals surface area contributed by atoms with Gasteiger partial charge in [0, 0.05) is 12.6 Å². The fraction of sp³-hybridized carbons (Fsp3) is 0.556. The van der Waals surface area contributed by atoms with Crippen LogP contribution >= 0.6 is 0 Å². The molecule has 0 bridgehead atoms. The third-order valence-corrected chi connectivity index (χ3v) is 4.55. The van der Waals surface area contributed by atoms with Crippen LogP contribution in [-0.4, -0.2) is 56.6 Å². The van der Waals surface area contributed by atoms with Crippen LogP contribution in [0.2, 0.25) is 0 Å². The molecule has 1 aliphatic rings. The Morgan fingerprint density at radius 3 is 2.76 bits per heavy atom. The Morgan fingerprint density at radius 1 is 1.32 bits per heavy atom. The average molecular weight is 348 g/mol. The number of ether oxygens (including phenoxy) is 1. The van der Waals surface area contributed by atoms with Crippen LogP contribution in [0.15, 0.2) is 24.3 Å². The van der Waals surface area contributed by atoms with Gasteiger partial charge in [-0.25, -0.2) is 14.1 Å². The van der Waals surface area contributed by atoms with Crippen molar-refractivity contribution in [2.45, 2.75) is 45.4 Å². The number of aliphatic hydroxyl groups is 1. The second kappa shape index (κ2) is 7.93. The van der Waals surface area contributed by atoms with Crippen molar-refractivity contribution in [1.29, 1.82) is 0 Å². The molecular formula is C18H25FN4O2. The SMILES string of the molecule is Cc1nc(C)n(CC2CCCN2CC(O)COc2ccc(F)cc2)n1. The lowest BCUT2D eigenvalue weighted by Gasteiger charge is -2.27. The maximum Gasteiger partial charge on any atom is 0.147 e. The molecule has 1 saturated heterocycles. The molecule has 3 rings (SSSR count). The molecule has 1 aliphatic heterocycles. The molecule has 0 amide bonds. The van der Waals surface area contributed by atoms with Crippen LogP contribution in [0.1, 0.15) is 24.5 Å². The van der Waals surface area contributed by atoms with Gasteiger partial charge in [-0.2, -0.15) is 5.10 Å². The first-order valence-electron chi connectivity index (χ1n) is 8.70. The minimum atomic E-state index is -0.593. The highest BCUT2D eigenvalue weighted by molar-refractivity contribution is 5.22. The van der Waals surface area contributed by atoms with E-state index in [-0.39, 0.29) is 12.4 Å². The third-order valence-electron chi connectivity index (χ3n) is 4.55. The number of hydrogen-bond acceptors (Lipinski definition) is 5. The third kappa shape index (κ3) is 4.76. The number of aromatic nitrogens is 3. The zero-order chi connectivity index (χ0) is 17.8. The molecule has 136 valence electrons.